The second-order valence-corrected chi connectivity index (χ2v) is 8.52. The second kappa shape index (κ2) is 11.7. The summed E-state index contributed by atoms with van der Waals surface area (Å²) in [6.45, 7) is 6.74. The van der Waals surface area contributed by atoms with Gasteiger partial charge in [-0.25, -0.2) is 17.2 Å². The molecule has 1 aromatic carbocycles. The molecule has 0 fully saturated rings. The van der Waals surface area contributed by atoms with E-state index in [0.29, 0.717) is 31.0 Å². The standard InChI is InChI=1S/C17H27F2N3O2S.HI/c1-5-20-17(22-13(3)8-9-25(4,23)24)21-11-12(2)14-6-7-15(18)16(19)10-14;/h6-7,10,12-13H,5,8-9,11H2,1-4H3,(H2,20,21,22);1H. The summed E-state index contributed by atoms with van der Waals surface area (Å²) in [7, 11) is -3.00. The first-order chi connectivity index (χ1) is 11.6. The van der Waals surface area contributed by atoms with E-state index >= 15 is 0 Å². The zero-order chi connectivity index (χ0) is 19.0. The molecule has 0 bridgehead atoms. The fourth-order valence-corrected chi connectivity index (χ4v) is 2.95. The number of benzene rings is 1. The average Bonchev–Trinajstić information content (AvgIpc) is 2.52. The quantitative estimate of drug-likeness (QED) is 0.325. The van der Waals surface area contributed by atoms with Gasteiger partial charge in [0.15, 0.2) is 17.6 Å². The van der Waals surface area contributed by atoms with Crippen LogP contribution >= 0.6 is 24.0 Å². The first-order valence-electron chi connectivity index (χ1n) is 8.30. The number of halogens is 3. The minimum absolute atomic E-state index is 0. The van der Waals surface area contributed by atoms with Crippen LogP contribution in [0.15, 0.2) is 23.2 Å². The summed E-state index contributed by atoms with van der Waals surface area (Å²) < 4.78 is 48.8. The first-order valence-corrected chi connectivity index (χ1v) is 10.4. The number of guanidine groups is 1. The minimum Gasteiger partial charge on any atom is -0.357 e. The molecule has 5 nitrogen and oxygen atoms in total. The Bertz CT molecular complexity index is 699. The maximum atomic E-state index is 13.3. The monoisotopic (exact) mass is 503 g/mol. The summed E-state index contributed by atoms with van der Waals surface area (Å²) in [5, 5.41) is 6.25. The van der Waals surface area contributed by atoms with Gasteiger partial charge in [-0.05, 0) is 38.0 Å². The summed E-state index contributed by atoms with van der Waals surface area (Å²) in [4.78, 5) is 4.46. The lowest BCUT2D eigenvalue weighted by Crippen LogP contribution is -2.43. The normalized spacial score (nSPS) is 14.3. The van der Waals surface area contributed by atoms with Crippen LogP contribution in [0.2, 0.25) is 0 Å². The van der Waals surface area contributed by atoms with Gasteiger partial charge in [-0.15, -0.1) is 24.0 Å². The molecule has 0 radical (unpaired) electrons. The van der Waals surface area contributed by atoms with Crippen LogP contribution in [-0.4, -0.2) is 45.5 Å². The van der Waals surface area contributed by atoms with Crippen LogP contribution in [0.4, 0.5) is 8.78 Å². The summed E-state index contributed by atoms with van der Waals surface area (Å²) in [6.07, 6.45) is 1.69. The molecule has 9 heteroatoms. The number of nitrogens with one attached hydrogen (secondary N) is 2. The number of nitrogens with zero attached hydrogens (tertiary/aromatic N) is 1. The van der Waals surface area contributed by atoms with E-state index in [1.54, 1.807) is 6.07 Å². The molecule has 150 valence electrons. The van der Waals surface area contributed by atoms with Crippen LogP contribution in [0.5, 0.6) is 0 Å². The average molecular weight is 503 g/mol. The lowest BCUT2D eigenvalue weighted by atomic mass is 10.0. The van der Waals surface area contributed by atoms with Crippen molar-refractivity contribution in [2.75, 3.05) is 25.1 Å². The van der Waals surface area contributed by atoms with Gasteiger partial charge < -0.3 is 10.6 Å². The first kappa shape index (κ1) is 25.0. The van der Waals surface area contributed by atoms with Crippen molar-refractivity contribution in [3.63, 3.8) is 0 Å². The van der Waals surface area contributed by atoms with Crippen LogP contribution in [0.3, 0.4) is 0 Å². The predicted molar refractivity (Wildman–Crippen MR) is 113 cm³/mol. The number of rotatable bonds is 8. The van der Waals surface area contributed by atoms with Crippen LogP contribution in [0.25, 0.3) is 0 Å². The largest absolute Gasteiger partial charge is 0.357 e. The molecule has 0 saturated carbocycles. The highest BCUT2D eigenvalue weighted by Gasteiger charge is 2.12. The number of hydrogen-bond acceptors (Lipinski definition) is 3. The number of aliphatic imine (C=N–C) groups is 1. The van der Waals surface area contributed by atoms with Gasteiger partial charge in [0, 0.05) is 31.3 Å². The van der Waals surface area contributed by atoms with Crippen LogP contribution in [0, 0.1) is 11.6 Å². The molecule has 2 N–H and O–H groups in total. The second-order valence-electron chi connectivity index (χ2n) is 6.26. The fraction of sp³-hybridized carbons (Fsp3) is 0.588. The number of sulfone groups is 1. The van der Waals surface area contributed by atoms with Crippen molar-refractivity contribution in [1.82, 2.24) is 10.6 Å². The maximum absolute atomic E-state index is 13.3. The Balaban J connectivity index is 0.00000625. The highest BCUT2D eigenvalue weighted by Crippen LogP contribution is 2.18. The molecule has 0 aliphatic heterocycles. The van der Waals surface area contributed by atoms with E-state index in [0.717, 1.165) is 6.07 Å². The predicted octanol–water partition coefficient (Wildman–Crippen LogP) is 3.06. The lowest BCUT2D eigenvalue weighted by Gasteiger charge is -2.18. The molecule has 0 aromatic heterocycles. The third kappa shape index (κ3) is 9.65. The molecule has 0 aliphatic carbocycles. The van der Waals surface area contributed by atoms with Gasteiger partial charge >= 0.3 is 0 Å². The van der Waals surface area contributed by atoms with Crippen molar-refractivity contribution in [1.29, 1.82) is 0 Å². The van der Waals surface area contributed by atoms with E-state index in [9.17, 15) is 17.2 Å². The zero-order valence-corrected chi connectivity index (χ0v) is 18.7. The zero-order valence-electron chi connectivity index (χ0n) is 15.6. The molecular formula is C17H28F2IN3O2S. The molecule has 0 spiro atoms. The van der Waals surface area contributed by atoms with Gasteiger partial charge in [0.05, 0.1) is 5.75 Å². The molecule has 0 saturated heterocycles. The van der Waals surface area contributed by atoms with Gasteiger partial charge in [-0.3, -0.25) is 4.99 Å². The summed E-state index contributed by atoms with van der Waals surface area (Å²) in [5.74, 6) is -1.15. The van der Waals surface area contributed by atoms with E-state index in [4.69, 9.17) is 0 Å². The van der Waals surface area contributed by atoms with Gasteiger partial charge in [0.2, 0.25) is 0 Å². The van der Waals surface area contributed by atoms with E-state index in [1.165, 1.54) is 12.3 Å². The van der Waals surface area contributed by atoms with Gasteiger partial charge in [0.1, 0.15) is 9.84 Å². The summed E-state index contributed by atoms with van der Waals surface area (Å²) in [5.41, 5.74) is 0.670. The van der Waals surface area contributed by atoms with Crippen LogP contribution < -0.4 is 10.6 Å². The number of hydrogen-bond donors (Lipinski definition) is 2. The van der Waals surface area contributed by atoms with Gasteiger partial charge in [0.25, 0.3) is 0 Å². The van der Waals surface area contributed by atoms with Crippen molar-refractivity contribution in [3.05, 3.63) is 35.4 Å². The Morgan fingerprint density at radius 1 is 1.23 bits per heavy atom. The molecule has 0 amide bonds. The van der Waals surface area contributed by atoms with E-state index in [-0.39, 0.29) is 41.7 Å². The van der Waals surface area contributed by atoms with Gasteiger partial charge in [-0.2, -0.15) is 0 Å². The highest BCUT2D eigenvalue weighted by molar-refractivity contribution is 14.0. The van der Waals surface area contributed by atoms with Crippen molar-refractivity contribution < 1.29 is 17.2 Å². The van der Waals surface area contributed by atoms with Crippen molar-refractivity contribution >= 4 is 39.8 Å². The Hall–Kier alpha value is -0.970. The Morgan fingerprint density at radius 2 is 1.88 bits per heavy atom. The molecule has 2 atom stereocenters. The molecule has 2 unspecified atom stereocenters. The molecule has 0 heterocycles. The van der Waals surface area contributed by atoms with Crippen molar-refractivity contribution in [2.24, 2.45) is 4.99 Å². The SMILES string of the molecule is CCNC(=NCC(C)c1ccc(F)c(F)c1)NC(C)CCS(C)(=O)=O.I. The van der Waals surface area contributed by atoms with Gasteiger partial charge in [-0.1, -0.05) is 13.0 Å². The summed E-state index contributed by atoms with van der Waals surface area (Å²) >= 11 is 0. The molecule has 0 aliphatic rings. The van der Waals surface area contributed by atoms with E-state index in [2.05, 4.69) is 15.6 Å². The third-order valence-electron chi connectivity index (χ3n) is 3.68. The third-order valence-corrected chi connectivity index (χ3v) is 4.66. The smallest absolute Gasteiger partial charge is 0.191 e. The van der Waals surface area contributed by atoms with Crippen molar-refractivity contribution in [3.8, 4) is 0 Å². The van der Waals surface area contributed by atoms with Crippen LogP contribution in [-0.2, 0) is 9.84 Å². The molecular weight excluding hydrogens is 475 g/mol. The Kier molecular flexibility index (Phi) is 11.2. The van der Waals surface area contributed by atoms with E-state index in [1.807, 2.05) is 20.8 Å². The maximum Gasteiger partial charge on any atom is 0.191 e. The summed E-state index contributed by atoms with van der Waals surface area (Å²) in [6, 6.07) is 3.78. The minimum atomic E-state index is -3.00. The Labute approximate surface area is 172 Å². The lowest BCUT2D eigenvalue weighted by molar-refractivity contribution is 0.505. The Morgan fingerprint density at radius 3 is 2.42 bits per heavy atom. The van der Waals surface area contributed by atoms with Crippen LogP contribution in [0.1, 0.15) is 38.7 Å². The fourth-order valence-electron chi connectivity index (χ4n) is 2.17. The molecule has 1 rings (SSSR count). The topological polar surface area (TPSA) is 70.6 Å². The van der Waals surface area contributed by atoms with Crippen molar-refractivity contribution in [2.45, 2.75) is 39.2 Å². The molecule has 1 aromatic rings. The molecule has 26 heavy (non-hydrogen) atoms. The highest BCUT2D eigenvalue weighted by atomic mass is 127. The van der Waals surface area contributed by atoms with E-state index < -0.39 is 21.5 Å².